The monoisotopic (exact) mass is 229 g/mol. The van der Waals surface area contributed by atoms with Gasteiger partial charge in [0.2, 0.25) is 0 Å². The molecule has 0 radical (unpaired) electrons. The molecule has 0 atom stereocenters. The lowest BCUT2D eigenvalue weighted by molar-refractivity contribution is 0.0701. The van der Waals surface area contributed by atoms with Gasteiger partial charge in [0.25, 0.3) is 5.91 Å². The highest BCUT2D eigenvalue weighted by Crippen LogP contribution is 2.19. The molecular weight excluding hydrogens is 214 g/mol. The van der Waals surface area contributed by atoms with Crippen molar-refractivity contribution in [3.63, 3.8) is 0 Å². The first-order chi connectivity index (χ1) is 6.92. The van der Waals surface area contributed by atoms with Gasteiger partial charge in [-0.3, -0.25) is 10.0 Å². The Morgan fingerprint density at radius 1 is 1.60 bits per heavy atom. The molecule has 0 spiro atoms. The third kappa shape index (κ3) is 3.85. The van der Waals surface area contributed by atoms with E-state index in [4.69, 9.17) is 5.21 Å². The number of thiazole rings is 1. The van der Waals surface area contributed by atoms with Gasteiger partial charge in [0, 0.05) is 11.9 Å². The van der Waals surface area contributed by atoms with Crippen LogP contribution in [0.25, 0.3) is 0 Å². The van der Waals surface area contributed by atoms with Crippen LogP contribution in [-0.4, -0.2) is 22.6 Å². The molecule has 1 aromatic rings. The van der Waals surface area contributed by atoms with E-state index < -0.39 is 5.91 Å². The molecule has 15 heavy (non-hydrogen) atoms. The van der Waals surface area contributed by atoms with Crippen LogP contribution in [0.5, 0.6) is 0 Å². The second-order valence-electron chi connectivity index (χ2n) is 4.39. The van der Waals surface area contributed by atoms with Crippen LogP contribution in [0.4, 0.5) is 5.13 Å². The highest BCUT2D eigenvalue weighted by atomic mass is 32.1. The Hall–Kier alpha value is -1.14. The van der Waals surface area contributed by atoms with Crippen LogP contribution in [0, 0.1) is 5.41 Å². The van der Waals surface area contributed by atoms with E-state index in [0.29, 0.717) is 5.13 Å². The number of amides is 1. The summed E-state index contributed by atoms with van der Waals surface area (Å²) < 4.78 is 0. The molecule has 0 aliphatic rings. The molecule has 0 unspecified atom stereocenters. The Labute approximate surface area is 92.5 Å². The molecule has 0 saturated heterocycles. The number of hydrogen-bond acceptors (Lipinski definition) is 5. The van der Waals surface area contributed by atoms with Crippen LogP contribution < -0.4 is 10.8 Å². The Bertz CT molecular complexity index is 343. The van der Waals surface area contributed by atoms with Gasteiger partial charge in [-0.25, -0.2) is 10.5 Å². The Kier molecular flexibility index (Phi) is 3.65. The summed E-state index contributed by atoms with van der Waals surface area (Å²) in [5, 5.41) is 13.8. The van der Waals surface area contributed by atoms with Crippen molar-refractivity contribution in [2.24, 2.45) is 5.41 Å². The summed E-state index contributed by atoms with van der Waals surface area (Å²) in [5.41, 5.74) is 1.92. The van der Waals surface area contributed by atoms with Gasteiger partial charge in [-0.15, -0.1) is 11.3 Å². The van der Waals surface area contributed by atoms with Crippen LogP contribution in [0.1, 0.15) is 31.3 Å². The topological polar surface area (TPSA) is 74.2 Å². The first-order valence-electron chi connectivity index (χ1n) is 4.56. The van der Waals surface area contributed by atoms with Crippen LogP contribution >= 0.6 is 11.3 Å². The second kappa shape index (κ2) is 4.59. The van der Waals surface area contributed by atoms with Crippen LogP contribution in [0.3, 0.4) is 0 Å². The predicted molar refractivity (Wildman–Crippen MR) is 59.3 cm³/mol. The second-order valence-corrected chi connectivity index (χ2v) is 5.25. The quantitative estimate of drug-likeness (QED) is 0.545. The molecule has 0 saturated carbocycles. The Morgan fingerprint density at radius 2 is 2.27 bits per heavy atom. The van der Waals surface area contributed by atoms with E-state index in [1.54, 1.807) is 10.9 Å². The van der Waals surface area contributed by atoms with Crippen molar-refractivity contribution in [1.29, 1.82) is 0 Å². The predicted octanol–water partition coefficient (Wildman–Crippen LogP) is 1.72. The fourth-order valence-corrected chi connectivity index (χ4v) is 1.55. The van der Waals surface area contributed by atoms with Crippen molar-refractivity contribution in [2.45, 2.75) is 20.8 Å². The maximum Gasteiger partial charge on any atom is 0.294 e. The number of hydroxylamine groups is 1. The fraction of sp³-hybridized carbons (Fsp3) is 0.556. The molecule has 5 nitrogen and oxygen atoms in total. The van der Waals surface area contributed by atoms with E-state index in [9.17, 15) is 4.79 Å². The Balaban J connectivity index is 2.57. The number of carbonyl (C=O) groups excluding carboxylic acids is 1. The largest absolute Gasteiger partial charge is 0.361 e. The van der Waals surface area contributed by atoms with E-state index >= 15 is 0 Å². The summed E-state index contributed by atoms with van der Waals surface area (Å²) in [6, 6.07) is 0. The lowest BCUT2D eigenvalue weighted by atomic mass is 9.97. The van der Waals surface area contributed by atoms with E-state index in [1.165, 1.54) is 11.3 Å². The van der Waals surface area contributed by atoms with Gasteiger partial charge in [-0.05, 0) is 5.41 Å². The van der Waals surface area contributed by atoms with Gasteiger partial charge >= 0.3 is 0 Å². The number of anilines is 1. The molecule has 0 fully saturated rings. The normalized spacial score (nSPS) is 11.2. The van der Waals surface area contributed by atoms with Crippen molar-refractivity contribution in [2.75, 3.05) is 11.9 Å². The molecule has 6 heteroatoms. The van der Waals surface area contributed by atoms with Crippen molar-refractivity contribution >= 4 is 22.4 Å². The van der Waals surface area contributed by atoms with Gasteiger partial charge in [-0.2, -0.15) is 0 Å². The average Bonchev–Trinajstić information content (AvgIpc) is 2.61. The van der Waals surface area contributed by atoms with Gasteiger partial charge in [-0.1, -0.05) is 20.8 Å². The summed E-state index contributed by atoms with van der Waals surface area (Å²) in [6.07, 6.45) is 0. The van der Waals surface area contributed by atoms with Crippen molar-refractivity contribution in [1.82, 2.24) is 10.5 Å². The minimum Gasteiger partial charge on any atom is -0.361 e. The van der Waals surface area contributed by atoms with Crippen LogP contribution in [-0.2, 0) is 0 Å². The highest BCUT2D eigenvalue weighted by molar-refractivity contribution is 7.13. The van der Waals surface area contributed by atoms with E-state index in [1.807, 2.05) is 0 Å². The molecule has 84 valence electrons. The molecular formula is C9H15N3O2S. The number of nitrogens with zero attached hydrogens (tertiary/aromatic N) is 1. The number of nitrogens with one attached hydrogen (secondary N) is 2. The first kappa shape index (κ1) is 11.9. The molecule has 0 aliphatic heterocycles. The van der Waals surface area contributed by atoms with E-state index in [0.717, 1.165) is 6.54 Å². The summed E-state index contributed by atoms with van der Waals surface area (Å²) in [5.74, 6) is -0.588. The summed E-state index contributed by atoms with van der Waals surface area (Å²) >= 11 is 1.34. The zero-order valence-electron chi connectivity index (χ0n) is 9.00. The third-order valence-electron chi connectivity index (χ3n) is 1.61. The van der Waals surface area contributed by atoms with Crippen molar-refractivity contribution < 1.29 is 10.0 Å². The SMILES string of the molecule is CC(C)(C)CNc1nc(C(=O)NO)cs1. The molecule has 1 aromatic heterocycles. The Morgan fingerprint density at radius 3 is 2.80 bits per heavy atom. The molecule has 0 bridgehead atoms. The molecule has 3 N–H and O–H groups in total. The maximum absolute atomic E-state index is 11.0. The van der Waals surface area contributed by atoms with E-state index in [-0.39, 0.29) is 11.1 Å². The van der Waals surface area contributed by atoms with Crippen LogP contribution in [0.15, 0.2) is 5.38 Å². The lowest BCUT2D eigenvalue weighted by Crippen LogP contribution is -2.20. The van der Waals surface area contributed by atoms with Crippen molar-refractivity contribution in [3.05, 3.63) is 11.1 Å². The van der Waals surface area contributed by atoms with Gasteiger partial charge < -0.3 is 5.32 Å². The first-order valence-corrected chi connectivity index (χ1v) is 5.44. The minimum absolute atomic E-state index is 0.158. The lowest BCUT2D eigenvalue weighted by Gasteiger charge is -2.17. The summed E-state index contributed by atoms with van der Waals surface area (Å²) in [7, 11) is 0. The van der Waals surface area contributed by atoms with Crippen molar-refractivity contribution in [3.8, 4) is 0 Å². The standard InChI is InChI=1S/C9H15N3O2S/c1-9(2,3)5-10-8-11-6(4-15-8)7(13)12-14/h4,14H,5H2,1-3H3,(H,10,11)(H,12,13). The minimum atomic E-state index is -0.588. The number of carbonyl (C=O) groups is 1. The van der Waals surface area contributed by atoms with Gasteiger partial charge in [0.1, 0.15) is 5.69 Å². The number of hydrogen-bond donors (Lipinski definition) is 3. The molecule has 1 heterocycles. The molecule has 1 amide bonds. The zero-order chi connectivity index (χ0) is 11.5. The summed E-state index contributed by atoms with van der Waals surface area (Å²) in [6.45, 7) is 7.10. The fourth-order valence-electron chi connectivity index (χ4n) is 0.857. The molecule has 0 aliphatic carbocycles. The van der Waals surface area contributed by atoms with Crippen LogP contribution in [0.2, 0.25) is 0 Å². The average molecular weight is 229 g/mol. The highest BCUT2D eigenvalue weighted by Gasteiger charge is 2.13. The number of aromatic nitrogens is 1. The van der Waals surface area contributed by atoms with Gasteiger partial charge in [0.05, 0.1) is 0 Å². The number of rotatable bonds is 3. The molecule has 0 aromatic carbocycles. The molecule has 1 rings (SSSR count). The van der Waals surface area contributed by atoms with Gasteiger partial charge in [0.15, 0.2) is 5.13 Å². The van der Waals surface area contributed by atoms with E-state index in [2.05, 4.69) is 31.1 Å². The third-order valence-corrected chi connectivity index (χ3v) is 2.41. The summed E-state index contributed by atoms with van der Waals surface area (Å²) in [4.78, 5) is 15.0. The maximum atomic E-state index is 11.0. The zero-order valence-corrected chi connectivity index (χ0v) is 9.81. The smallest absolute Gasteiger partial charge is 0.294 e.